The summed E-state index contributed by atoms with van der Waals surface area (Å²) in [5.41, 5.74) is 0.482. The van der Waals surface area contributed by atoms with Gasteiger partial charge in [-0.15, -0.1) is 0 Å². The number of aromatic nitrogens is 1. The molecule has 30 heavy (non-hydrogen) atoms. The molecule has 6 nitrogen and oxygen atoms in total. The van der Waals surface area contributed by atoms with Crippen molar-refractivity contribution in [1.29, 1.82) is 0 Å². The van der Waals surface area contributed by atoms with Crippen molar-refractivity contribution >= 4 is 41.0 Å². The Hall–Kier alpha value is -2.05. The lowest BCUT2D eigenvalue weighted by molar-refractivity contribution is -0.121. The first-order valence-corrected chi connectivity index (χ1v) is 11.0. The molecule has 0 radical (unpaired) electrons. The van der Waals surface area contributed by atoms with Crippen LogP contribution in [-0.2, 0) is 9.53 Å². The molecule has 1 aromatic heterocycles. The summed E-state index contributed by atoms with van der Waals surface area (Å²) in [5, 5.41) is 7.31. The molecule has 0 bridgehead atoms. The van der Waals surface area contributed by atoms with Crippen LogP contribution in [0.1, 0.15) is 62.2 Å². The highest BCUT2D eigenvalue weighted by Gasteiger charge is 2.31. The second kappa shape index (κ2) is 10.3. The van der Waals surface area contributed by atoms with Crippen LogP contribution in [0.15, 0.2) is 22.7 Å². The fourth-order valence-corrected chi connectivity index (χ4v) is 4.56. The van der Waals surface area contributed by atoms with Crippen molar-refractivity contribution in [2.75, 3.05) is 12.4 Å². The highest BCUT2D eigenvalue weighted by atomic mass is 35.5. The van der Waals surface area contributed by atoms with E-state index in [2.05, 4.69) is 17.4 Å². The molecule has 1 amide bonds. The number of nitrogens with one attached hydrogen (secondary N) is 1. The molecule has 1 N–H and O–H groups in total. The Balaban J connectivity index is 1.79. The molecule has 0 atom stereocenters. The van der Waals surface area contributed by atoms with Crippen LogP contribution in [0.5, 0.6) is 0 Å². The Kier molecular flexibility index (Phi) is 7.78. The minimum Gasteiger partial charge on any atom is -0.465 e. The van der Waals surface area contributed by atoms with E-state index < -0.39 is 5.97 Å². The first kappa shape index (κ1) is 22.6. The summed E-state index contributed by atoms with van der Waals surface area (Å²) in [7, 11) is 1.25. The van der Waals surface area contributed by atoms with Gasteiger partial charge >= 0.3 is 5.97 Å². The van der Waals surface area contributed by atoms with Gasteiger partial charge in [0.25, 0.3) is 0 Å². The highest BCUT2D eigenvalue weighted by molar-refractivity contribution is 6.39. The fraction of sp³-hybridized carbons (Fsp3) is 0.500. The predicted octanol–water partition coefficient (Wildman–Crippen LogP) is 6.37. The number of halogens is 2. The molecule has 0 aliphatic heterocycles. The Bertz CT molecular complexity index is 884. The van der Waals surface area contributed by atoms with E-state index in [-0.39, 0.29) is 29.0 Å². The van der Waals surface area contributed by atoms with Gasteiger partial charge in [0.15, 0.2) is 5.56 Å². The molecule has 0 saturated heterocycles. The van der Waals surface area contributed by atoms with Crippen LogP contribution in [0.2, 0.25) is 10.0 Å². The lowest BCUT2D eigenvalue weighted by Crippen LogP contribution is -2.27. The second-order valence-corrected chi connectivity index (χ2v) is 8.49. The van der Waals surface area contributed by atoms with E-state index in [1.165, 1.54) is 26.4 Å². The van der Waals surface area contributed by atoms with Gasteiger partial charge in [-0.1, -0.05) is 60.6 Å². The van der Waals surface area contributed by atoms with Crippen molar-refractivity contribution in [2.24, 2.45) is 11.8 Å². The quantitative estimate of drug-likeness (QED) is 0.493. The molecule has 3 rings (SSSR count). The molecule has 1 aliphatic rings. The third-order valence-corrected chi connectivity index (χ3v) is 6.33. The van der Waals surface area contributed by atoms with E-state index in [1.54, 1.807) is 18.2 Å². The van der Waals surface area contributed by atoms with Gasteiger partial charge in [-0.2, -0.15) is 0 Å². The van der Waals surface area contributed by atoms with Crippen LogP contribution in [-0.4, -0.2) is 24.1 Å². The Morgan fingerprint density at radius 1 is 1.20 bits per heavy atom. The van der Waals surface area contributed by atoms with Crippen molar-refractivity contribution in [1.82, 2.24) is 5.16 Å². The minimum atomic E-state index is -0.694. The molecular formula is C22H26Cl2N2O4. The fourth-order valence-electron chi connectivity index (χ4n) is 3.98. The highest BCUT2D eigenvalue weighted by Crippen LogP contribution is 2.39. The third kappa shape index (κ3) is 4.98. The van der Waals surface area contributed by atoms with E-state index in [0.29, 0.717) is 21.5 Å². The topological polar surface area (TPSA) is 81.4 Å². The number of carbonyl (C=O) groups excluding carboxylic acids is 2. The van der Waals surface area contributed by atoms with Crippen LogP contribution in [0.25, 0.3) is 11.3 Å². The van der Waals surface area contributed by atoms with E-state index in [0.717, 1.165) is 25.7 Å². The summed E-state index contributed by atoms with van der Waals surface area (Å²) >= 11 is 12.5. The maximum absolute atomic E-state index is 12.8. The van der Waals surface area contributed by atoms with Crippen molar-refractivity contribution < 1.29 is 18.8 Å². The second-order valence-electron chi connectivity index (χ2n) is 7.67. The summed E-state index contributed by atoms with van der Waals surface area (Å²) in [5.74, 6) is -0.349. The van der Waals surface area contributed by atoms with Gasteiger partial charge in [0.1, 0.15) is 5.69 Å². The first-order valence-electron chi connectivity index (χ1n) is 10.3. The van der Waals surface area contributed by atoms with E-state index in [1.807, 2.05) is 0 Å². The normalized spacial score (nSPS) is 18.8. The monoisotopic (exact) mass is 452 g/mol. The predicted molar refractivity (Wildman–Crippen MR) is 117 cm³/mol. The smallest absolute Gasteiger partial charge is 0.345 e. The van der Waals surface area contributed by atoms with E-state index in [9.17, 15) is 9.59 Å². The average Bonchev–Trinajstić information content (AvgIpc) is 3.14. The maximum atomic E-state index is 12.8. The molecule has 0 spiro atoms. The number of hydrogen-bond acceptors (Lipinski definition) is 5. The molecule has 1 aliphatic carbocycles. The number of nitrogens with zero attached hydrogens (tertiary/aromatic N) is 1. The number of unbranched alkanes of at least 4 members (excludes halogenated alkanes) is 1. The van der Waals surface area contributed by atoms with Crippen LogP contribution in [0.3, 0.4) is 0 Å². The zero-order valence-corrected chi connectivity index (χ0v) is 18.7. The van der Waals surface area contributed by atoms with Crippen molar-refractivity contribution in [3.05, 3.63) is 33.8 Å². The number of esters is 1. The number of rotatable bonds is 7. The van der Waals surface area contributed by atoms with E-state index >= 15 is 0 Å². The molecule has 162 valence electrons. The van der Waals surface area contributed by atoms with Crippen molar-refractivity contribution in [3.63, 3.8) is 0 Å². The molecule has 2 aromatic rings. The van der Waals surface area contributed by atoms with Gasteiger partial charge < -0.3 is 9.26 Å². The third-order valence-electron chi connectivity index (χ3n) is 5.70. The number of methoxy groups -OCH3 is 1. The molecule has 1 aromatic carbocycles. The number of benzene rings is 1. The summed E-state index contributed by atoms with van der Waals surface area (Å²) in [4.78, 5) is 25.3. The van der Waals surface area contributed by atoms with Crippen LogP contribution in [0.4, 0.5) is 5.88 Å². The van der Waals surface area contributed by atoms with Gasteiger partial charge in [-0.3, -0.25) is 10.1 Å². The number of carbonyl (C=O) groups is 2. The Morgan fingerprint density at radius 2 is 1.87 bits per heavy atom. The summed E-state index contributed by atoms with van der Waals surface area (Å²) < 4.78 is 10.2. The SMILES string of the molecule is CCCCC1CCC(C(=O)Nc2onc(-c3c(Cl)cccc3Cl)c2C(=O)OC)CC1. The number of ether oxygens (including phenoxy) is 1. The van der Waals surface area contributed by atoms with Gasteiger partial charge in [0.05, 0.1) is 17.2 Å². The molecular weight excluding hydrogens is 427 g/mol. The van der Waals surface area contributed by atoms with Crippen LogP contribution in [0, 0.1) is 11.8 Å². The average molecular weight is 453 g/mol. The largest absolute Gasteiger partial charge is 0.465 e. The molecule has 1 heterocycles. The van der Waals surface area contributed by atoms with Gasteiger partial charge in [-0.05, 0) is 43.7 Å². The van der Waals surface area contributed by atoms with Gasteiger partial charge in [0, 0.05) is 11.5 Å². The summed E-state index contributed by atoms with van der Waals surface area (Å²) in [6.07, 6.45) is 7.38. The Labute approximate surface area is 186 Å². The van der Waals surface area contributed by atoms with Gasteiger partial charge in [0.2, 0.25) is 11.8 Å². The van der Waals surface area contributed by atoms with Crippen LogP contribution >= 0.6 is 23.2 Å². The molecule has 1 saturated carbocycles. The summed E-state index contributed by atoms with van der Waals surface area (Å²) in [6, 6.07) is 4.95. The van der Waals surface area contributed by atoms with Crippen molar-refractivity contribution in [3.8, 4) is 11.3 Å². The van der Waals surface area contributed by atoms with Gasteiger partial charge in [-0.25, -0.2) is 4.79 Å². The van der Waals surface area contributed by atoms with Crippen molar-refractivity contribution in [2.45, 2.75) is 51.9 Å². The lowest BCUT2D eigenvalue weighted by atomic mass is 9.79. The molecule has 1 fully saturated rings. The van der Waals surface area contributed by atoms with E-state index in [4.69, 9.17) is 32.5 Å². The zero-order chi connectivity index (χ0) is 21.7. The zero-order valence-electron chi connectivity index (χ0n) is 17.2. The van der Waals surface area contributed by atoms with Crippen LogP contribution < -0.4 is 5.32 Å². The maximum Gasteiger partial charge on any atom is 0.345 e. The number of amides is 1. The minimum absolute atomic E-state index is 0.00233. The molecule has 0 unspecified atom stereocenters. The molecule has 8 heteroatoms. The lowest BCUT2D eigenvalue weighted by Gasteiger charge is -2.27. The summed E-state index contributed by atoms with van der Waals surface area (Å²) in [6.45, 7) is 2.19. The standard InChI is InChI=1S/C22H26Cl2N2O4/c1-3-4-6-13-9-11-14(12-10-13)20(27)25-21-18(22(28)29-2)19(26-30-21)17-15(23)7-5-8-16(17)24/h5,7-8,13-14H,3-4,6,9-12H2,1-2H3,(H,25,27). The first-order chi connectivity index (χ1) is 14.5. The number of anilines is 1. The Morgan fingerprint density at radius 3 is 2.47 bits per heavy atom. The number of hydrogen-bond donors (Lipinski definition) is 1.